The van der Waals surface area contributed by atoms with E-state index in [0.29, 0.717) is 5.56 Å². The fraction of sp³-hybridized carbons (Fsp3) is 0.133. The molecular weight excluding hydrogens is 324 g/mol. The van der Waals surface area contributed by atoms with Crippen LogP contribution in [0.5, 0.6) is 0 Å². The lowest BCUT2D eigenvalue weighted by Crippen LogP contribution is -2.16. The summed E-state index contributed by atoms with van der Waals surface area (Å²) in [6.45, 7) is 3.51. The smallest absolute Gasteiger partial charge is 0.262 e. The highest BCUT2D eigenvalue weighted by molar-refractivity contribution is 7.92. The Balaban J connectivity index is 2.47. The largest absolute Gasteiger partial charge is 0.366 e. The summed E-state index contributed by atoms with van der Waals surface area (Å²) in [5.74, 6) is -0.663. The maximum Gasteiger partial charge on any atom is 0.262 e. The van der Waals surface area contributed by atoms with E-state index in [4.69, 9.17) is 17.3 Å². The van der Waals surface area contributed by atoms with E-state index < -0.39 is 15.9 Å². The highest BCUT2D eigenvalue weighted by Gasteiger charge is 2.19. The van der Waals surface area contributed by atoms with Crippen molar-refractivity contribution in [2.45, 2.75) is 18.7 Å². The molecule has 0 aromatic heterocycles. The SMILES string of the molecule is Cc1ccc(C)c(S(=O)(=O)Nc2cc(C(N)=O)ccc2Cl)c1. The molecule has 22 heavy (non-hydrogen) atoms. The van der Waals surface area contributed by atoms with Gasteiger partial charge in [-0.1, -0.05) is 23.7 Å². The molecule has 2 rings (SSSR count). The van der Waals surface area contributed by atoms with Crippen LogP contribution in [0.3, 0.4) is 0 Å². The van der Waals surface area contributed by atoms with Gasteiger partial charge in [-0.3, -0.25) is 9.52 Å². The van der Waals surface area contributed by atoms with Crippen LogP contribution in [-0.2, 0) is 10.0 Å². The number of halogens is 1. The average molecular weight is 339 g/mol. The number of carbonyl (C=O) groups is 1. The molecule has 0 radical (unpaired) electrons. The molecule has 116 valence electrons. The summed E-state index contributed by atoms with van der Waals surface area (Å²) < 4.78 is 27.4. The van der Waals surface area contributed by atoms with Crippen molar-refractivity contribution in [3.8, 4) is 0 Å². The molecule has 3 N–H and O–H groups in total. The molecule has 7 heteroatoms. The third kappa shape index (κ3) is 3.40. The first-order valence-electron chi connectivity index (χ1n) is 6.40. The Hall–Kier alpha value is -2.05. The third-order valence-electron chi connectivity index (χ3n) is 3.13. The van der Waals surface area contributed by atoms with Gasteiger partial charge in [0.2, 0.25) is 5.91 Å². The number of nitrogens with two attached hydrogens (primary N) is 1. The zero-order valence-electron chi connectivity index (χ0n) is 12.1. The van der Waals surface area contributed by atoms with Gasteiger partial charge in [-0.2, -0.15) is 0 Å². The number of amides is 1. The average Bonchev–Trinajstić information content (AvgIpc) is 2.43. The van der Waals surface area contributed by atoms with Gasteiger partial charge in [-0.05, 0) is 49.2 Å². The molecule has 0 unspecified atom stereocenters. The van der Waals surface area contributed by atoms with Crippen molar-refractivity contribution in [1.29, 1.82) is 0 Å². The van der Waals surface area contributed by atoms with Gasteiger partial charge >= 0.3 is 0 Å². The fourth-order valence-corrected chi connectivity index (χ4v) is 3.58. The summed E-state index contributed by atoms with van der Waals surface area (Å²) in [6.07, 6.45) is 0. The second kappa shape index (κ2) is 5.98. The first-order chi connectivity index (χ1) is 10.2. The molecule has 0 saturated carbocycles. The normalized spacial score (nSPS) is 11.2. The fourth-order valence-electron chi connectivity index (χ4n) is 1.95. The number of hydrogen-bond donors (Lipinski definition) is 2. The van der Waals surface area contributed by atoms with Crippen molar-refractivity contribution in [3.63, 3.8) is 0 Å². The molecule has 0 saturated heterocycles. The molecule has 0 atom stereocenters. The molecule has 5 nitrogen and oxygen atoms in total. The van der Waals surface area contributed by atoms with Gasteiger partial charge in [0.05, 0.1) is 15.6 Å². The van der Waals surface area contributed by atoms with Crippen molar-refractivity contribution in [3.05, 3.63) is 58.1 Å². The van der Waals surface area contributed by atoms with E-state index in [0.717, 1.165) is 5.56 Å². The van der Waals surface area contributed by atoms with Crippen LogP contribution in [0.1, 0.15) is 21.5 Å². The van der Waals surface area contributed by atoms with Gasteiger partial charge < -0.3 is 5.73 Å². The number of rotatable bonds is 4. The first kappa shape index (κ1) is 16.3. The number of carbonyl (C=O) groups excluding carboxylic acids is 1. The first-order valence-corrected chi connectivity index (χ1v) is 8.26. The van der Waals surface area contributed by atoms with Gasteiger partial charge in [0.1, 0.15) is 0 Å². The summed E-state index contributed by atoms with van der Waals surface area (Å²) >= 11 is 5.99. The van der Waals surface area contributed by atoms with E-state index in [9.17, 15) is 13.2 Å². The quantitative estimate of drug-likeness (QED) is 0.898. The topological polar surface area (TPSA) is 89.3 Å². The van der Waals surface area contributed by atoms with E-state index in [1.54, 1.807) is 26.0 Å². The van der Waals surface area contributed by atoms with E-state index in [-0.39, 0.29) is 21.2 Å². The zero-order valence-corrected chi connectivity index (χ0v) is 13.6. The minimum atomic E-state index is -3.82. The highest BCUT2D eigenvalue weighted by atomic mass is 35.5. The molecule has 0 fully saturated rings. The predicted octanol–water partition coefficient (Wildman–Crippen LogP) is 2.86. The number of aryl methyl sites for hydroxylation is 2. The molecule has 1 amide bonds. The van der Waals surface area contributed by atoms with Crippen LogP contribution in [0.15, 0.2) is 41.3 Å². The lowest BCUT2D eigenvalue weighted by atomic mass is 10.2. The molecule has 0 aliphatic carbocycles. The van der Waals surface area contributed by atoms with E-state index >= 15 is 0 Å². The molecule has 0 heterocycles. The van der Waals surface area contributed by atoms with Crippen molar-refractivity contribution in [2.75, 3.05) is 4.72 Å². The molecule has 0 bridgehead atoms. The number of benzene rings is 2. The van der Waals surface area contributed by atoms with Crippen molar-refractivity contribution in [1.82, 2.24) is 0 Å². The minimum absolute atomic E-state index is 0.110. The van der Waals surface area contributed by atoms with Gasteiger partial charge in [0.25, 0.3) is 10.0 Å². The lowest BCUT2D eigenvalue weighted by Gasteiger charge is -2.13. The number of sulfonamides is 1. The second-order valence-corrected chi connectivity index (χ2v) is 6.99. The zero-order chi connectivity index (χ0) is 16.5. The van der Waals surface area contributed by atoms with Crippen LogP contribution < -0.4 is 10.5 Å². The Labute approximate surface area is 134 Å². The maximum absolute atomic E-state index is 12.5. The summed E-state index contributed by atoms with van der Waals surface area (Å²) in [7, 11) is -3.82. The molecular formula is C15H15ClN2O3S. The van der Waals surface area contributed by atoms with Gasteiger partial charge in [-0.15, -0.1) is 0 Å². The highest BCUT2D eigenvalue weighted by Crippen LogP contribution is 2.27. The van der Waals surface area contributed by atoms with Crippen LogP contribution in [0.25, 0.3) is 0 Å². The second-order valence-electron chi connectivity index (χ2n) is 4.93. The number of nitrogens with one attached hydrogen (secondary N) is 1. The molecule has 2 aromatic carbocycles. The van der Waals surface area contributed by atoms with Crippen molar-refractivity contribution >= 4 is 33.2 Å². The van der Waals surface area contributed by atoms with E-state index in [1.807, 2.05) is 6.07 Å². The monoisotopic (exact) mass is 338 g/mol. The van der Waals surface area contributed by atoms with Crippen LogP contribution in [0.2, 0.25) is 5.02 Å². The van der Waals surface area contributed by atoms with Crippen LogP contribution >= 0.6 is 11.6 Å². The summed E-state index contributed by atoms with van der Waals surface area (Å²) in [5, 5.41) is 0.180. The molecule has 2 aromatic rings. The molecule has 0 spiro atoms. The molecule has 0 aliphatic heterocycles. The Morgan fingerprint density at radius 2 is 1.82 bits per heavy atom. The number of primary amides is 1. The summed E-state index contributed by atoms with van der Waals surface area (Å²) in [4.78, 5) is 11.4. The Morgan fingerprint density at radius 3 is 2.45 bits per heavy atom. The standard InChI is InChI=1S/C15H15ClN2O3S/c1-9-3-4-10(2)14(7-9)22(20,21)18-13-8-11(15(17)19)5-6-12(13)16/h3-8,18H,1-2H3,(H2,17,19). The van der Waals surface area contributed by atoms with Gasteiger partial charge in [-0.25, -0.2) is 8.42 Å². The van der Waals surface area contributed by atoms with Gasteiger partial charge in [0, 0.05) is 5.56 Å². The minimum Gasteiger partial charge on any atom is -0.366 e. The van der Waals surface area contributed by atoms with Crippen LogP contribution in [0, 0.1) is 13.8 Å². The van der Waals surface area contributed by atoms with E-state index in [1.165, 1.54) is 18.2 Å². The lowest BCUT2D eigenvalue weighted by molar-refractivity contribution is 0.100. The summed E-state index contributed by atoms with van der Waals surface area (Å²) in [5.41, 5.74) is 6.91. The molecule has 0 aliphatic rings. The number of anilines is 1. The Morgan fingerprint density at radius 1 is 1.14 bits per heavy atom. The Kier molecular flexibility index (Phi) is 4.44. The third-order valence-corrected chi connectivity index (χ3v) is 4.97. The van der Waals surface area contributed by atoms with Crippen molar-refractivity contribution < 1.29 is 13.2 Å². The maximum atomic E-state index is 12.5. The van der Waals surface area contributed by atoms with Crippen molar-refractivity contribution in [2.24, 2.45) is 5.73 Å². The van der Waals surface area contributed by atoms with Gasteiger partial charge in [0.15, 0.2) is 0 Å². The van der Waals surface area contributed by atoms with Crippen LogP contribution in [-0.4, -0.2) is 14.3 Å². The van der Waals surface area contributed by atoms with Crippen LogP contribution in [0.4, 0.5) is 5.69 Å². The Bertz CT molecular complexity index is 848. The number of hydrogen-bond acceptors (Lipinski definition) is 3. The van der Waals surface area contributed by atoms with E-state index in [2.05, 4.69) is 4.72 Å². The predicted molar refractivity (Wildman–Crippen MR) is 86.7 cm³/mol. The summed E-state index contributed by atoms with van der Waals surface area (Å²) in [6, 6.07) is 9.29.